The SMILES string of the molecule is CCCCNC(=NCc1ccc(C)cc1)NCc1ncn(C)n1. The average Bonchev–Trinajstić information content (AvgIpc) is 2.96. The molecule has 23 heavy (non-hydrogen) atoms. The number of hydrogen-bond acceptors (Lipinski definition) is 3. The molecule has 0 fully saturated rings. The minimum absolute atomic E-state index is 0.562. The van der Waals surface area contributed by atoms with E-state index >= 15 is 0 Å². The third-order valence-electron chi connectivity index (χ3n) is 3.42. The molecule has 0 saturated heterocycles. The molecule has 0 unspecified atom stereocenters. The first-order valence-electron chi connectivity index (χ1n) is 8.09. The molecule has 0 aliphatic heterocycles. The first kappa shape index (κ1) is 17.0. The number of aryl methyl sites for hydroxylation is 2. The first-order valence-corrected chi connectivity index (χ1v) is 8.09. The van der Waals surface area contributed by atoms with Crippen molar-refractivity contribution in [2.75, 3.05) is 6.54 Å². The minimum atomic E-state index is 0.562. The predicted molar refractivity (Wildman–Crippen MR) is 93.1 cm³/mol. The highest BCUT2D eigenvalue weighted by molar-refractivity contribution is 5.79. The standard InChI is InChI=1S/C17H26N6/c1-4-5-10-18-17(20-12-16-21-13-23(3)22-16)19-11-15-8-6-14(2)7-9-15/h6-9,13H,4-5,10-12H2,1-3H3,(H2,18,19,20). The monoisotopic (exact) mass is 314 g/mol. The molecule has 0 aliphatic rings. The Morgan fingerprint density at radius 1 is 1.22 bits per heavy atom. The average molecular weight is 314 g/mol. The number of aromatic nitrogens is 3. The van der Waals surface area contributed by atoms with Crippen LogP contribution in [0.2, 0.25) is 0 Å². The van der Waals surface area contributed by atoms with Crippen LogP contribution in [0.5, 0.6) is 0 Å². The van der Waals surface area contributed by atoms with Gasteiger partial charge in [0.1, 0.15) is 6.33 Å². The zero-order chi connectivity index (χ0) is 16.5. The smallest absolute Gasteiger partial charge is 0.191 e. The van der Waals surface area contributed by atoms with E-state index in [-0.39, 0.29) is 0 Å². The third kappa shape index (κ3) is 6.10. The Bertz CT molecular complexity index is 614. The summed E-state index contributed by atoms with van der Waals surface area (Å²) in [5.74, 6) is 1.55. The fraction of sp³-hybridized carbons (Fsp3) is 0.471. The summed E-state index contributed by atoms with van der Waals surface area (Å²) in [6, 6.07) is 8.45. The second-order valence-electron chi connectivity index (χ2n) is 5.62. The maximum atomic E-state index is 4.65. The molecule has 1 heterocycles. The van der Waals surface area contributed by atoms with Crippen LogP contribution in [0, 0.1) is 6.92 Å². The summed E-state index contributed by atoms with van der Waals surface area (Å²) in [7, 11) is 1.86. The Kier molecular flexibility index (Phi) is 6.59. The molecule has 0 bridgehead atoms. The largest absolute Gasteiger partial charge is 0.356 e. The van der Waals surface area contributed by atoms with Crippen LogP contribution >= 0.6 is 0 Å². The molecule has 6 heteroatoms. The van der Waals surface area contributed by atoms with Gasteiger partial charge in [-0.2, -0.15) is 5.10 Å². The molecule has 1 aromatic heterocycles. The molecule has 124 valence electrons. The summed E-state index contributed by atoms with van der Waals surface area (Å²) in [6.07, 6.45) is 3.97. The van der Waals surface area contributed by atoms with Crippen LogP contribution in [-0.4, -0.2) is 27.3 Å². The lowest BCUT2D eigenvalue weighted by atomic mass is 10.1. The topological polar surface area (TPSA) is 67.1 Å². The molecule has 0 saturated carbocycles. The van der Waals surface area contributed by atoms with Gasteiger partial charge in [-0.25, -0.2) is 9.98 Å². The van der Waals surface area contributed by atoms with E-state index in [1.807, 2.05) is 7.05 Å². The van der Waals surface area contributed by atoms with Crippen molar-refractivity contribution in [3.63, 3.8) is 0 Å². The van der Waals surface area contributed by atoms with Gasteiger partial charge in [0.2, 0.25) is 0 Å². The Morgan fingerprint density at radius 2 is 2.00 bits per heavy atom. The van der Waals surface area contributed by atoms with E-state index < -0.39 is 0 Å². The van der Waals surface area contributed by atoms with Crippen molar-refractivity contribution in [1.29, 1.82) is 0 Å². The fourth-order valence-electron chi connectivity index (χ4n) is 2.05. The van der Waals surface area contributed by atoms with Crippen LogP contribution in [0.3, 0.4) is 0 Å². The number of benzene rings is 1. The zero-order valence-corrected chi connectivity index (χ0v) is 14.2. The van der Waals surface area contributed by atoms with E-state index in [0.717, 1.165) is 31.2 Å². The number of nitrogens with one attached hydrogen (secondary N) is 2. The molecule has 0 spiro atoms. The Balaban J connectivity index is 1.94. The van der Waals surface area contributed by atoms with Crippen molar-refractivity contribution in [3.8, 4) is 0 Å². The van der Waals surface area contributed by atoms with Crippen LogP contribution in [0.25, 0.3) is 0 Å². The van der Waals surface area contributed by atoms with Crippen LogP contribution in [0.4, 0.5) is 0 Å². The van der Waals surface area contributed by atoms with Gasteiger partial charge in [-0.3, -0.25) is 4.68 Å². The van der Waals surface area contributed by atoms with E-state index in [2.05, 4.69) is 63.8 Å². The van der Waals surface area contributed by atoms with Crippen molar-refractivity contribution < 1.29 is 0 Å². The number of unbranched alkanes of at least 4 members (excludes halogenated alkanes) is 1. The molecule has 6 nitrogen and oxygen atoms in total. The molecule has 2 rings (SSSR count). The van der Waals surface area contributed by atoms with Crippen molar-refractivity contribution in [1.82, 2.24) is 25.4 Å². The molecule has 0 radical (unpaired) electrons. The van der Waals surface area contributed by atoms with E-state index in [9.17, 15) is 0 Å². The van der Waals surface area contributed by atoms with Crippen molar-refractivity contribution in [2.24, 2.45) is 12.0 Å². The number of guanidine groups is 1. The van der Waals surface area contributed by atoms with Crippen LogP contribution < -0.4 is 10.6 Å². The van der Waals surface area contributed by atoms with E-state index in [0.29, 0.717) is 13.1 Å². The highest BCUT2D eigenvalue weighted by Gasteiger charge is 2.02. The molecular weight excluding hydrogens is 288 g/mol. The van der Waals surface area contributed by atoms with Gasteiger partial charge in [-0.05, 0) is 18.9 Å². The lowest BCUT2D eigenvalue weighted by Gasteiger charge is -2.11. The van der Waals surface area contributed by atoms with Gasteiger partial charge in [0, 0.05) is 13.6 Å². The summed E-state index contributed by atoms with van der Waals surface area (Å²) in [5, 5.41) is 10.9. The molecule has 0 aliphatic carbocycles. The quantitative estimate of drug-likeness (QED) is 0.467. The third-order valence-corrected chi connectivity index (χ3v) is 3.42. The lowest BCUT2D eigenvalue weighted by molar-refractivity contribution is 0.701. The molecule has 0 amide bonds. The van der Waals surface area contributed by atoms with Gasteiger partial charge in [0.15, 0.2) is 11.8 Å². The molecule has 2 aromatic rings. The second kappa shape index (κ2) is 8.92. The molecule has 1 aromatic carbocycles. The maximum absolute atomic E-state index is 4.65. The van der Waals surface area contributed by atoms with Crippen LogP contribution in [0.1, 0.15) is 36.7 Å². The van der Waals surface area contributed by atoms with E-state index in [1.54, 1.807) is 11.0 Å². The van der Waals surface area contributed by atoms with Gasteiger partial charge >= 0.3 is 0 Å². The minimum Gasteiger partial charge on any atom is -0.356 e. The Hall–Kier alpha value is -2.37. The normalized spacial score (nSPS) is 11.5. The van der Waals surface area contributed by atoms with E-state index in [1.165, 1.54) is 11.1 Å². The maximum Gasteiger partial charge on any atom is 0.191 e. The summed E-state index contributed by atoms with van der Waals surface area (Å²) in [5.41, 5.74) is 2.46. The molecule has 2 N–H and O–H groups in total. The number of nitrogens with zero attached hydrogens (tertiary/aromatic N) is 4. The van der Waals surface area contributed by atoms with Crippen LogP contribution in [0.15, 0.2) is 35.6 Å². The van der Waals surface area contributed by atoms with Gasteiger partial charge in [-0.15, -0.1) is 0 Å². The summed E-state index contributed by atoms with van der Waals surface area (Å²) < 4.78 is 1.70. The first-order chi connectivity index (χ1) is 11.2. The Labute approximate surface area is 138 Å². The van der Waals surface area contributed by atoms with Crippen molar-refractivity contribution in [2.45, 2.75) is 39.8 Å². The van der Waals surface area contributed by atoms with Gasteiger partial charge in [0.05, 0.1) is 13.1 Å². The highest BCUT2D eigenvalue weighted by Crippen LogP contribution is 2.04. The van der Waals surface area contributed by atoms with E-state index in [4.69, 9.17) is 0 Å². The van der Waals surface area contributed by atoms with Crippen LogP contribution in [-0.2, 0) is 20.1 Å². The highest BCUT2D eigenvalue weighted by atomic mass is 15.3. The summed E-state index contributed by atoms with van der Waals surface area (Å²) >= 11 is 0. The number of rotatable bonds is 7. The summed E-state index contributed by atoms with van der Waals surface area (Å²) in [4.78, 5) is 8.87. The zero-order valence-electron chi connectivity index (χ0n) is 14.2. The second-order valence-corrected chi connectivity index (χ2v) is 5.62. The number of hydrogen-bond donors (Lipinski definition) is 2. The molecule has 0 atom stereocenters. The van der Waals surface area contributed by atoms with Gasteiger partial charge < -0.3 is 10.6 Å². The van der Waals surface area contributed by atoms with Gasteiger partial charge in [0.25, 0.3) is 0 Å². The van der Waals surface area contributed by atoms with Crippen molar-refractivity contribution >= 4 is 5.96 Å². The predicted octanol–water partition coefficient (Wildman–Crippen LogP) is 2.16. The van der Waals surface area contributed by atoms with Crippen molar-refractivity contribution in [3.05, 3.63) is 47.5 Å². The van der Waals surface area contributed by atoms with Gasteiger partial charge in [-0.1, -0.05) is 43.2 Å². The molecular formula is C17H26N6. The Morgan fingerprint density at radius 3 is 2.65 bits per heavy atom. The lowest BCUT2D eigenvalue weighted by Crippen LogP contribution is -2.37. The fourth-order valence-corrected chi connectivity index (χ4v) is 2.05. The number of aliphatic imine (C=N–C) groups is 1. The summed E-state index contributed by atoms with van der Waals surface area (Å²) in [6.45, 7) is 6.39.